The molecular formula is C24H23N3O4. The standard InChI is InChI=1S/C24H23N3O4/c1-15(17-9-8-16-6-4-5-7-18(16)13-17)12-22(28)26-21-14-19(23(29)27(3)25-2)10-11-20(21)24(30)31/h4-14,25H,1-3H3,(H,26,28)(H,30,31)/b15-12-. The van der Waals surface area contributed by atoms with Crippen molar-refractivity contribution < 1.29 is 19.5 Å². The van der Waals surface area contributed by atoms with E-state index in [1.165, 1.54) is 29.3 Å². The summed E-state index contributed by atoms with van der Waals surface area (Å²) in [6, 6.07) is 17.9. The SMILES string of the molecule is CNN(C)C(=O)c1ccc(C(=O)O)c(NC(=O)/C=C(/C)c2ccc3ccccc3c2)c1. The number of benzene rings is 3. The Morgan fingerprint density at radius 2 is 1.61 bits per heavy atom. The van der Waals surface area contributed by atoms with Crippen LogP contribution in [0.3, 0.4) is 0 Å². The maximum Gasteiger partial charge on any atom is 0.337 e. The number of carbonyl (C=O) groups is 3. The number of amides is 2. The van der Waals surface area contributed by atoms with Crippen molar-refractivity contribution in [1.82, 2.24) is 10.4 Å². The van der Waals surface area contributed by atoms with Crippen LogP contribution in [-0.2, 0) is 4.79 Å². The number of rotatable bonds is 6. The van der Waals surface area contributed by atoms with E-state index in [1.807, 2.05) is 49.4 Å². The third-order valence-corrected chi connectivity index (χ3v) is 4.95. The topological polar surface area (TPSA) is 98.7 Å². The Labute approximate surface area is 180 Å². The summed E-state index contributed by atoms with van der Waals surface area (Å²) in [6.45, 7) is 1.81. The Morgan fingerprint density at radius 3 is 2.29 bits per heavy atom. The average molecular weight is 417 g/mol. The van der Waals surface area contributed by atoms with Gasteiger partial charge in [-0.1, -0.05) is 36.4 Å². The molecule has 0 aliphatic heterocycles. The Kier molecular flexibility index (Phi) is 6.47. The molecule has 3 aromatic rings. The molecule has 0 saturated heterocycles. The molecular weight excluding hydrogens is 394 g/mol. The molecule has 31 heavy (non-hydrogen) atoms. The van der Waals surface area contributed by atoms with Gasteiger partial charge in [0, 0.05) is 25.7 Å². The largest absolute Gasteiger partial charge is 0.478 e. The summed E-state index contributed by atoms with van der Waals surface area (Å²) < 4.78 is 0. The van der Waals surface area contributed by atoms with Gasteiger partial charge in [-0.2, -0.15) is 0 Å². The highest BCUT2D eigenvalue weighted by molar-refractivity contribution is 6.08. The van der Waals surface area contributed by atoms with E-state index in [2.05, 4.69) is 10.7 Å². The van der Waals surface area contributed by atoms with Gasteiger partial charge in [-0.05, 0) is 53.1 Å². The number of hydrogen-bond donors (Lipinski definition) is 3. The van der Waals surface area contributed by atoms with Crippen molar-refractivity contribution >= 4 is 39.8 Å². The first-order chi connectivity index (χ1) is 14.8. The molecule has 0 bridgehead atoms. The van der Waals surface area contributed by atoms with Gasteiger partial charge < -0.3 is 10.4 Å². The van der Waals surface area contributed by atoms with Crippen molar-refractivity contribution in [2.45, 2.75) is 6.92 Å². The third kappa shape index (κ3) is 4.96. The van der Waals surface area contributed by atoms with Gasteiger partial charge in [0.15, 0.2) is 0 Å². The van der Waals surface area contributed by atoms with Crippen LogP contribution in [-0.4, -0.2) is 42.0 Å². The number of fused-ring (bicyclic) bond motifs is 1. The lowest BCUT2D eigenvalue weighted by atomic mass is 10.0. The fourth-order valence-corrected chi connectivity index (χ4v) is 3.15. The van der Waals surface area contributed by atoms with Crippen molar-refractivity contribution in [3.63, 3.8) is 0 Å². The lowest BCUT2D eigenvalue weighted by Gasteiger charge is -2.16. The number of carboxylic acids is 1. The Balaban J connectivity index is 1.88. The van der Waals surface area contributed by atoms with Gasteiger partial charge in [0.2, 0.25) is 5.91 Å². The molecule has 0 aliphatic rings. The fourth-order valence-electron chi connectivity index (χ4n) is 3.15. The number of aromatic carboxylic acids is 1. The molecule has 3 aromatic carbocycles. The summed E-state index contributed by atoms with van der Waals surface area (Å²) in [5.41, 5.74) is 4.49. The molecule has 7 nitrogen and oxygen atoms in total. The normalized spacial score (nSPS) is 11.3. The first-order valence-corrected chi connectivity index (χ1v) is 9.61. The Hall–Kier alpha value is -3.97. The second kappa shape index (κ2) is 9.23. The fraction of sp³-hybridized carbons (Fsp3) is 0.125. The number of nitrogens with zero attached hydrogens (tertiary/aromatic N) is 1. The zero-order valence-electron chi connectivity index (χ0n) is 17.5. The number of hydrogen-bond acceptors (Lipinski definition) is 4. The minimum Gasteiger partial charge on any atom is -0.478 e. The minimum absolute atomic E-state index is 0.0513. The van der Waals surface area contributed by atoms with Crippen LogP contribution in [0.4, 0.5) is 5.69 Å². The molecule has 0 saturated carbocycles. The first-order valence-electron chi connectivity index (χ1n) is 9.61. The van der Waals surface area contributed by atoms with E-state index < -0.39 is 11.9 Å². The average Bonchev–Trinajstić information content (AvgIpc) is 2.77. The molecule has 7 heteroatoms. The summed E-state index contributed by atoms with van der Waals surface area (Å²) in [6.07, 6.45) is 1.41. The second-order valence-electron chi connectivity index (χ2n) is 7.03. The van der Waals surface area contributed by atoms with Gasteiger partial charge in [0.25, 0.3) is 5.91 Å². The molecule has 0 unspecified atom stereocenters. The van der Waals surface area contributed by atoms with Crippen LogP contribution < -0.4 is 10.7 Å². The van der Waals surface area contributed by atoms with Crippen LogP contribution in [0.25, 0.3) is 16.3 Å². The van der Waals surface area contributed by atoms with Crippen molar-refractivity contribution in [3.05, 3.63) is 83.4 Å². The summed E-state index contributed by atoms with van der Waals surface area (Å²) in [5.74, 6) is -2.05. The zero-order valence-corrected chi connectivity index (χ0v) is 17.5. The number of hydrazine groups is 1. The van der Waals surface area contributed by atoms with E-state index in [0.29, 0.717) is 0 Å². The smallest absolute Gasteiger partial charge is 0.337 e. The van der Waals surface area contributed by atoms with Gasteiger partial charge in [0.05, 0.1) is 11.3 Å². The first kappa shape index (κ1) is 21.7. The third-order valence-electron chi connectivity index (χ3n) is 4.95. The predicted molar refractivity (Wildman–Crippen MR) is 121 cm³/mol. The molecule has 2 amide bonds. The Bertz CT molecular complexity index is 1200. The molecule has 0 heterocycles. The molecule has 0 fully saturated rings. The van der Waals surface area contributed by atoms with Gasteiger partial charge in [-0.15, -0.1) is 0 Å². The van der Waals surface area contributed by atoms with E-state index in [1.54, 1.807) is 14.1 Å². The second-order valence-corrected chi connectivity index (χ2v) is 7.03. The molecule has 0 aliphatic carbocycles. The predicted octanol–water partition coefficient (Wildman–Crippen LogP) is 3.79. The molecule has 158 valence electrons. The highest BCUT2D eigenvalue weighted by atomic mass is 16.4. The van der Waals surface area contributed by atoms with Crippen molar-refractivity contribution in [1.29, 1.82) is 0 Å². The monoisotopic (exact) mass is 417 g/mol. The minimum atomic E-state index is -1.20. The van der Waals surface area contributed by atoms with Crippen molar-refractivity contribution in [2.24, 2.45) is 0 Å². The molecule has 3 rings (SSSR count). The van der Waals surface area contributed by atoms with Gasteiger partial charge in [-0.3, -0.25) is 14.6 Å². The number of allylic oxidation sites excluding steroid dienone is 1. The van der Waals surface area contributed by atoms with Crippen LogP contribution in [0.15, 0.2) is 66.7 Å². The van der Waals surface area contributed by atoms with Crippen LogP contribution in [0.2, 0.25) is 0 Å². The van der Waals surface area contributed by atoms with E-state index in [4.69, 9.17) is 0 Å². The number of carboxylic acid groups (broad SMARTS) is 1. The van der Waals surface area contributed by atoms with E-state index >= 15 is 0 Å². The van der Waals surface area contributed by atoms with Gasteiger partial charge in [0.1, 0.15) is 0 Å². The van der Waals surface area contributed by atoms with E-state index in [9.17, 15) is 19.5 Å². The van der Waals surface area contributed by atoms with Crippen molar-refractivity contribution in [3.8, 4) is 0 Å². The highest BCUT2D eigenvalue weighted by Crippen LogP contribution is 2.22. The Morgan fingerprint density at radius 1 is 0.935 bits per heavy atom. The van der Waals surface area contributed by atoms with E-state index in [0.717, 1.165) is 21.9 Å². The molecule has 0 atom stereocenters. The summed E-state index contributed by atoms with van der Waals surface area (Å²) >= 11 is 0. The summed E-state index contributed by atoms with van der Waals surface area (Å²) in [7, 11) is 3.13. The van der Waals surface area contributed by atoms with Gasteiger partial charge in [-0.25, -0.2) is 10.2 Å². The van der Waals surface area contributed by atoms with Gasteiger partial charge >= 0.3 is 5.97 Å². The molecule has 3 N–H and O–H groups in total. The summed E-state index contributed by atoms with van der Waals surface area (Å²) in [4.78, 5) is 36.5. The van der Waals surface area contributed by atoms with Crippen LogP contribution in [0.1, 0.15) is 33.2 Å². The summed E-state index contributed by atoms with van der Waals surface area (Å²) in [5, 5.41) is 15.5. The van der Waals surface area contributed by atoms with E-state index in [-0.39, 0.29) is 22.7 Å². The van der Waals surface area contributed by atoms with Crippen LogP contribution in [0.5, 0.6) is 0 Å². The van der Waals surface area contributed by atoms with Crippen LogP contribution >= 0.6 is 0 Å². The number of carbonyl (C=O) groups excluding carboxylic acids is 2. The molecule has 0 spiro atoms. The highest BCUT2D eigenvalue weighted by Gasteiger charge is 2.17. The lowest BCUT2D eigenvalue weighted by molar-refractivity contribution is -0.111. The molecule has 0 aromatic heterocycles. The maximum atomic E-state index is 12.6. The van der Waals surface area contributed by atoms with Crippen molar-refractivity contribution in [2.75, 3.05) is 19.4 Å². The number of anilines is 1. The maximum absolute atomic E-state index is 12.6. The van der Waals surface area contributed by atoms with Crippen LogP contribution in [0, 0.1) is 0 Å². The molecule has 0 radical (unpaired) electrons. The quantitative estimate of drug-likeness (QED) is 0.419. The zero-order chi connectivity index (χ0) is 22.5. The lowest BCUT2D eigenvalue weighted by Crippen LogP contribution is -2.36. The number of nitrogens with one attached hydrogen (secondary N) is 2.